The van der Waals surface area contributed by atoms with Gasteiger partial charge in [-0.3, -0.25) is 9.78 Å². The maximum absolute atomic E-state index is 12.5. The highest BCUT2D eigenvalue weighted by Crippen LogP contribution is 2.26. The lowest BCUT2D eigenvalue weighted by Crippen LogP contribution is -2.41. The van der Waals surface area contributed by atoms with Crippen molar-refractivity contribution in [2.75, 3.05) is 19.6 Å². The van der Waals surface area contributed by atoms with Crippen molar-refractivity contribution >= 4 is 35.8 Å². The maximum Gasteiger partial charge on any atom is 0.573 e. The fraction of sp³-hybridized carbons (Fsp3) is 0.316. The molecule has 1 aromatic carbocycles. The molecule has 164 valence electrons. The largest absolute Gasteiger partial charge is 0.573 e. The number of aromatic nitrogens is 1. The standard InChI is InChI=1S/C19H22F3N5O2.HI/c1-2-24-18(26-11-10-25-17(28)15-7-5-9-23-12-15)27-13-14-6-3-4-8-16(14)29-19(20,21)22;/h3-9,12H,2,10-11,13H2,1H3,(H,25,28)(H2,24,26,27);1H. The minimum Gasteiger partial charge on any atom is -0.405 e. The summed E-state index contributed by atoms with van der Waals surface area (Å²) in [5.74, 6) is -0.131. The van der Waals surface area contributed by atoms with E-state index in [-0.39, 0.29) is 42.2 Å². The van der Waals surface area contributed by atoms with Crippen LogP contribution in [0.5, 0.6) is 5.75 Å². The quantitative estimate of drug-likeness (QED) is 0.209. The second kappa shape index (κ2) is 12.9. The number of aliphatic imine (C=N–C) groups is 1. The molecule has 0 atom stereocenters. The van der Waals surface area contributed by atoms with Crippen molar-refractivity contribution < 1.29 is 22.7 Å². The Morgan fingerprint density at radius 3 is 2.50 bits per heavy atom. The second-order valence-electron chi connectivity index (χ2n) is 5.78. The van der Waals surface area contributed by atoms with Crippen molar-refractivity contribution in [2.45, 2.75) is 19.8 Å². The van der Waals surface area contributed by atoms with E-state index in [0.29, 0.717) is 36.7 Å². The number of halogens is 4. The van der Waals surface area contributed by atoms with Crippen molar-refractivity contribution in [1.29, 1.82) is 0 Å². The van der Waals surface area contributed by atoms with Crippen LogP contribution in [0, 0.1) is 0 Å². The number of alkyl halides is 3. The number of guanidine groups is 1. The molecular formula is C19H23F3IN5O2. The fourth-order valence-electron chi connectivity index (χ4n) is 2.32. The molecule has 0 saturated carbocycles. The molecule has 7 nitrogen and oxygen atoms in total. The third-order valence-corrected chi connectivity index (χ3v) is 3.58. The molecule has 2 aromatic rings. The predicted octanol–water partition coefficient (Wildman–Crippen LogP) is 3.08. The van der Waals surface area contributed by atoms with Gasteiger partial charge in [-0.25, -0.2) is 4.99 Å². The Hall–Kier alpha value is -2.57. The zero-order chi connectivity index (χ0) is 21.1. The SMILES string of the molecule is CCNC(=NCc1ccccc1OC(F)(F)F)NCCNC(=O)c1cccnc1.I. The van der Waals surface area contributed by atoms with Gasteiger partial charge in [0.05, 0.1) is 12.1 Å². The topological polar surface area (TPSA) is 87.6 Å². The molecule has 2 rings (SSSR count). The number of hydrogen-bond donors (Lipinski definition) is 3. The molecule has 0 aliphatic carbocycles. The van der Waals surface area contributed by atoms with E-state index >= 15 is 0 Å². The highest BCUT2D eigenvalue weighted by atomic mass is 127. The van der Waals surface area contributed by atoms with E-state index in [1.807, 2.05) is 6.92 Å². The van der Waals surface area contributed by atoms with Crippen LogP contribution in [0.1, 0.15) is 22.8 Å². The monoisotopic (exact) mass is 537 g/mol. The number of hydrogen-bond acceptors (Lipinski definition) is 4. The summed E-state index contributed by atoms with van der Waals surface area (Å²) >= 11 is 0. The molecule has 0 unspecified atom stereocenters. The van der Waals surface area contributed by atoms with Crippen LogP contribution < -0.4 is 20.7 Å². The van der Waals surface area contributed by atoms with E-state index in [4.69, 9.17) is 0 Å². The highest BCUT2D eigenvalue weighted by Gasteiger charge is 2.31. The Balaban J connectivity index is 0.00000450. The van der Waals surface area contributed by atoms with Crippen molar-refractivity contribution in [3.8, 4) is 5.75 Å². The zero-order valence-corrected chi connectivity index (χ0v) is 18.5. The maximum atomic E-state index is 12.5. The molecule has 0 radical (unpaired) electrons. The molecule has 3 N–H and O–H groups in total. The third-order valence-electron chi connectivity index (χ3n) is 3.58. The molecular weight excluding hydrogens is 514 g/mol. The van der Waals surface area contributed by atoms with Gasteiger partial charge >= 0.3 is 6.36 Å². The van der Waals surface area contributed by atoms with Crippen LogP contribution in [0.3, 0.4) is 0 Å². The Kier molecular flexibility index (Phi) is 10.9. The molecule has 30 heavy (non-hydrogen) atoms. The minimum absolute atomic E-state index is 0. The third kappa shape index (κ3) is 9.29. The fourth-order valence-corrected chi connectivity index (χ4v) is 2.32. The average molecular weight is 537 g/mol. The number of nitrogens with zero attached hydrogens (tertiary/aromatic N) is 2. The zero-order valence-electron chi connectivity index (χ0n) is 16.2. The van der Waals surface area contributed by atoms with Gasteiger partial charge in [0.1, 0.15) is 5.75 Å². The van der Waals surface area contributed by atoms with Gasteiger partial charge in [0, 0.05) is 37.6 Å². The summed E-state index contributed by atoms with van der Waals surface area (Å²) in [6.07, 6.45) is -1.72. The summed E-state index contributed by atoms with van der Waals surface area (Å²) in [4.78, 5) is 20.1. The van der Waals surface area contributed by atoms with Gasteiger partial charge in [-0.15, -0.1) is 37.1 Å². The van der Waals surface area contributed by atoms with Gasteiger partial charge in [-0.2, -0.15) is 0 Å². The van der Waals surface area contributed by atoms with Gasteiger partial charge in [-0.1, -0.05) is 18.2 Å². The molecule has 0 saturated heterocycles. The molecule has 0 aliphatic rings. The van der Waals surface area contributed by atoms with E-state index in [1.165, 1.54) is 24.4 Å². The van der Waals surface area contributed by atoms with Crippen LogP contribution in [-0.2, 0) is 6.54 Å². The summed E-state index contributed by atoms with van der Waals surface area (Å²) in [5, 5.41) is 8.74. The van der Waals surface area contributed by atoms with Crippen LogP contribution in [-0.4, -0.2) is 42.8 Å². The molecule has 1 amide bonds. The first-order valence-corrected chi connectivity index (χ1v) is 8.93. The van der Waals surface area contributed by atoms with E-state index in [9.17, 15) is 18.0 Å². The smallest absolute Gasteiger partial charge is 0.405 e. The normalized spacial score (nSPS) is 11.3. The predicted molar refractivity (Wildman–Crippen MR) is 118 cm³/mol. The molecule has 11 heteroatoms. The van der Waals surface area contributed by atoms with Gasteiger partial charge in [0.25, 0.3) is 5.91 Å². The first kappa shape index (κ1) is 25.5. The van der Waals surface area contributed by atoms with Gasteiger partial charge < -0.3 is 20.7 Å². The lowest BCUT2D eigenvalue weighted by atomic mass is 10.2. The number of benzene rings is 1. The van der Waals surface area contributed by atoms with Gasteiger partial charge in [0.2, 0.25) is 0 Å². The molecule has 0 spiro atoms. The van der Waals surface area contributed by atoms with Crippen LogP contribution in [0.2, 0.25) is 0 Å². The first-order valence-electron chi connectivity index (χ1n) is 8.93. The first-order chi connectivity index (χ1) is 13.9. The van der Waals surface area contributed by atoms with Crippen molar-refractivity contribution in [1.82, 2.24) is 20.9 Å². The van der Waals surface area contributed by atoms with Crippen molar-refractivity contribution in [2.24, 2.45) is 4.99 Å². The van der Waals surface area contributed by atoms with Gasteiger partial charge in [-0.05, 0) is 25.1 Å². The second-order valence-corrected chi connectivity index (χ2v) is 5.78. The Morgan fingerprint density at radius 1 is 1.10 bits per heavy atom. The molecule has 0 fully saturated rings. The van der Waals surface area contributed by atoms with Crippen LogP contribution in [0.15, 0.2) is 53.8 Å². The minimum atomic E-state index is -4.77. The lowest BCUT2D eigenvalue weighted by molar-refractivity contribution is -0.274. The van der Waals surface area contributed by atoms with Crippen LogP contribution in [0.25, 0.3) is 0 Å². The number of para-hydroxylation sites is 1. The Bertz CT molecular complexity index is 819. The summed E-state index contributed by atoms with van der Waals surface area (Å²) in [6, 6.07) is 9.16. The summed E-state index contributed by atoms with van der Waals surface area (Å²) < 4.78 is 41.6. The molecule has 0 bridgehead atoms. The average Bonchev–Trinajstić information content (AvgIpc) is 2.69. The highest BCUT2D eigenvalue weighted by molar-refractivity contribution is 14.0. The molecule has 1 heterocycles. The number of amides is 1. The number of carbonyl (C=O) groups excluding carboxylic acids is 1. The number of ether oxygens (including phenoxy) is 1. The summed E-state index contributed by atoms with van der Waals surface area (Å²) in [6.45, 7) is 3.12. The van der Waals surface area contributed by atoms with E-state index in [2.05, 4.69) is 30.7 Å². The van der Waals surface area contributed by atoms with Crippen LogP contribution in [0.4, 0.5) is 13.2 Å². The van der Waals surface area contributed by atoms with Crippen LogP contribution >= 0.6 is 24.0 Å². The number of rotatable bonds is 8. The van der Waals surface area contributed by atoms with Crippen molar-refractivity contribution in [3.63, 3.8) is 0 Å². The van der Waals surface area contributed by atoms with Gasteiger partial charge in [0.15, 0.2) is 5.96 Å². The van der Waals surface area contributed by atoms with Crippen molar-refractivity contribution in [3.05, 3.63) is 59.9 Å². The number of pyridine rings is 1. The Morgan fingerprint density at radius 2 is 1.83 bits per heavy atom. The molecule has 1 aromatic heterocycles. The number of carbonyl (C=O) groups is 1. The van der Waals surface area contributed by atoms with E-state index < -0.39 is 6.36 Å². The Labute approximate surface area is 189 Å². The number of nitrogens with one attached hydrogen (secondary N) is 3. The lowest BCUT2D eigenvalue weighted by Gasteiger charge is -2.14. The van der Waals surface area contributed by atoms with E-state index in [0.717, 1.165) is 0 Å². The van der Waals surface area contributed by atoms with E-state index in [1.54, 1.807) is 24.4 Å². The molecule has 0 aliphatic heterocycles. The summed E-state index contributed by atoms with van der Waals surface area (Å²) in [5.41, 5.74) is 0.751. The summed E-state index contributed by atoms with van der Waals surface area (Å²) in [7, 11) is 0.